The van der Waals surface area contributed by atoms with Crippen LogP contribution < -0.4 is 0 Å². The van der Waals surface area contributed by atoms with Crippen LogP contribution in [0.2, 0.25) is 0 Å². The smallest absolute Gasteiger partial charge is 0.303 e. The van der Waals surface area contributed by atoms with Crippen molar-refractivity contribution >= 4 is 77.6 Å². The molecule has 4 aliphatic heterocycles. The topological polar surface area (TPSA) is 416 Å². The molecule has 4 fully saturated rings. The first kappa shape index (κ1) is 70.3. The molecule has 0 aromatic heterocycles. The first-order valence-electron chi connectivity index (χ1n) is 26.0. The van der Waals surface area contributed by atoms with Gasteiger partial charge in [0.05, 0.1) is 0 Å². The minimum absolute atomic E-state index is 0.682. The molecule has 4 heterocycles. The average Bonchev–Trinajstić information content (AvgIpc) is 1.47. The Morgan fingerprint density at radius 1 is 0.235 bits per heavy atom. The minimum Gasteiger partial charge on any atom is -0.463 e. The molecule has 478 valence electrons. The molecule has 34 heteroatoms. The van der Waals surface area contributed by atoms with Crippen LogP contribution in [0, 0.1) is 0 Å². The highest BCUT2D eigenvalue weighted by molar-refractivity contribution is 5.71. The van der Waals surface area contributed by atoms with E-state index in [9.17, 15) is 62.3 Å². The first-order chi connectivity index (χ1) is 39.8. The molecule has 4 aliphatic rings. The molecule has 0 radical (unpaired) electrons. The van der Waals surface area contributed by atoms with Crippen LogP contribution >= 0.6 is 0 Å². The predicted molar refractivity (Wildman–Crippen MR) is 263 cm³/mol. The number of esters is 13. The summed E-state index contributed by atoms with van der Waals surface area (Å²) in [6.07, 6.45) is -37.7. The molecule has 0 aromatic rings. The second-order valence-electron chi connectivity index (χ2n) is 19.1. The van der Waals surface area contributed by atoms with E-state index in [1.165, 1.54) is 0 Å². The maximum atomic E-state index is 13.3. The number of carbonyl (C=O) groups is 13. The largest absolute Gasteiger partial charge is 0.463 e. The third-order valence-electron chi connectivity index (χ3n) is 12.0. The number of hydrogen-bond donors (Lipinski definition) is 0. The van der Waals surface area contributed by atoms with E-state index in [0.29, 0.717) is 0 Å². The van der Waals surface area contributed by atoms with Gasteiger partial charge in [0, 0.05) is 97.1 Å². The van der Waals surface area contributed by atoms with Gasteiger partial charge in [-0.1, -0.05) is 0 Å². The van der Waals surface area contributed by atoms with Crippen molar-refractivity contribution in [2.75, 3.05) is 33.5 Å². The van der Waals surface area contributed by atoms with Crippen LogP contribution in [0.5, 0.6) is 0 Å². The van der Waals surface area contributed by atoms with E-state index in [-0.39, 0.29) is 0 Å². The van der Waals surface area contributed by atoms with Crippen molar-refractivity contribution in [2.45, 2.75) is 213 Å². The van der Waals surface area contributed by atoms with Crippen LogP contribution in [0.15, 0.2) is 0 Å². The van der Waals surface area contributed by atoms with E-state index in [4.69, 9.17) is 99.5 Å². The second-order valence-corrected chi connectivity index (χ2v) is 19.1. The fraction of sp³-hybridized carbons (Fsp3) is 0.745. The average molecular weight is 1230 g/mol. The maximum Gasteiger partial charge on any atom is 0.303 e. The minimum atomic E-state index is -2.20. The van der Waals surface area contributed by atoms with Gasteiger partial charge in [-0.25, -0.2) is 0 Å². The van der Waals surface area contributed by atoms with Crippen molar-refractivity contribution in [3.8, 4) is 0 Å². The van der Waals surface area contributed by atoms with Gasteiger partial charge in [0.15, 0.2) is 80.1 Å². The molecule has 0 bridgehead atoms. The Bertz CT molecular complexity index is 2430. The van der Waals surface area contributed by atoms with Crippen LogP contribution in [0.1, 0.15) is 90.0 Å². The van der Waals surface area contributed by atoms with Gasteiger partial charge in [0.2, 0.25) is 0 Å². The van der Waals surface area contributed by atoms with Gasteiger partial charge in [-0.2, -0.15) is 0 Å². The predicted octanol–water partition coefficient (Wildman–Crippen LogP) is -1.67. The zero-order valence-corrected chi connectivity index (χ0v) is 48.8. The van der Waals surface area contributed by atoms with Crippen LogP contribution in [-0.2, 0) is 162 Å². The van der Waals surface area contributed by atoms with Crippen LogP contribution in [-0.4, -0.2) is 234 Å². The van der Waals surface area contributed by atoms with Crippen molar-refractivity contribution < 1.29 is 162 Å². The zero-order chi connectivity index (χ0) is 63.7. The summed E-state index contributed by atoms with van der Waals surface area (Å²) in [5.41, 5.74) is 0. The first-order valence-corrected chi connectivity index (χ1v) is 26.0. The van der Waals surface area contributed by atoms with Gasteiger partial charge in [-0.05, 0) is 0 Å². The molecule has 0 aromatic carbocycles. The van der Waals surface area contributed by atoms with Crippen LogP contribution in [0.3, 0.4) is 0 Å². The Morgan fingerprint density at radius 3 is 0.624 bits per heavy atom. The summed E-state index contributed by atoms with van der Waals surface area (Å²) < 4.78 is 122. The summed E-state index contributed by atoms with van der Waals surface area (Å²) in [6.45, 7) is 9.28. The van der Waals surface area contributed by atoms with E-state index in [1.54, 1.807) is 0 Å². The Morgan fingerprint density at radius 2 is 0.412 bits per heavy atom. The van der Waals surface area contributed by atoms with Crippen molar-refractivity contribution in [1.29, 1.82) is 0 Å². The molecule has 0 spiro atoms. The second kappa shape index (κ2) is 32.3. The molecule has 0 unspecified atom stereocenters. The number of rotatable bonds is 24. The summed E-state index contributed by atoms with van der Waals surface area (Å²) in [4.78, 5) is 166. The third kappa shape index (κ3) is 21.1. The number of ether oxygens (including phenoxy) is 21. The van der Waals surface area contributed by atoms with Crippen LogP contribution in [0.25, 0.3) is 0 Å². The summed E-state index contributed by atoms with van der Waals surface area (Å²) in [5, 5.41) is 0. The highest BCUT2D eigenvalue weighted by atomic mass is 16.8. The lowest BCUT2D eigenvalue weighted by atomic mass is 9.94. The summed E-state index contributed by atoms with van der Waals surface area (Å²) in [7, 11) is 1.14. The van der Waals surface area contributed by atoms with Gasteiger partial charge < -0.3 is 99.5 Å². The number of methoxy groups -OCH3 is 1. The quantitative estimate of drug-likeness (QED) is 0.0770. The Labute approximate surface area is 484 Å². The van der Waals surface area contributed by atoms with Crippen molar-refractivity contribution in [2.24, 2.45) is 0 Å². The van der Waals surface area contributed by atoms with Gasteiger partial charge in [-0.3, -0.25) is 62.3 Å². The van der Waals surface area contributed by atoms with Crippen LogP contribution in [0.4, 0.5) is 0 Å². The molecule has 0 saturated carbocycles. The molecule has 20 atom stereocenters. The fourth-order valence-corrected chi connectivity index (χ4v) is 9.23. The maximum absolute atomic E-state index is 13.3. The molecule has 34 nitrogen and oxygen atoms in total. The third-order valence-corrected chi connectivity index (χ3v) is 12.0. The van der Waals surface area contributed by atoms with E-state index in [0.717, 1.165) is 97.1 Å². The normalized spacial score (nSPS) is 32.4. The summed E-state index contributed by atoms with van der Waals surface area (Å²) in [6, 6.07) is 0. The fourth-order valence-electron chi connectivity index (χ4n) is 9.23. The standard InChI is InChI=1S/C51H70O34/c1-19(52)66-15-32-36(70-23(5)56)40(71-24(6)57)45(76-29(11)62)49(80-32)84-38-34(17-68-21(3)54)82-51(47(78-31(13)64)42(38)73-26(8)59)85-39-35(18-69-22(4)55)81-50(46(77-30(12)63)43(39)74-27(9)60)83-37-33(16-67-20(2)53)79-48(65-14)44(75-28(10)61)41(37)72-25(7)58/h32-51H,15-18H2,1-14H3/t32-,33-,34-,35-,36-,37-,38-,39-,40+,41+,42+,43+,44-,45-,46-,47-,48-,49+,50+,51+/m1/s1. The Hall–Kier alpha value is -7.21. The highest BCUT2D eigenvalue weighted by Crippen LogP contribution is 2.40. The van der Waals surface area contributed by atoms with E-state index < -0.39 is 227 Å². The molecule has 4 rings (SSSR count). The lowest BCUT2D eigenvalue weighted by molar-refractivity contribution is -0.388. The Kier molecular flexibility index (Phi) is 26.7. The van der Waals surface area contributed by atoms with Gasteiger partial charge >= 0.3 is 77.6 Å². The number of hydrogen-bond acceptors (Lipinski definition) is 34. The van der Waals surface area contributed by atoms with Gasteiger partial charge in [-0.15, -0.1) is 0 Å². The molecule has 0 aliphatic carbocycles. The molecular weight excluding hydrogens is 1160 g/mol. The van der Waals surface area contributed by atoms with Gasteiger partial charge in [0.25, 0.3) is 0 Å². The monoisotopic (exact) mass is 1230 g/mol. The Balaban J connectivity index is 1.98. The van der Waals surface area contributed by atoms with Crippen molar-refractivity contribution in [3.05, 3.63) is 0 Å². The van der Waals surface area contributed by atoms with E-state index in [2.05, 4.69) is 0 Å². The van der Waals surface area contributed by atoms with Crippen molar-refractivity contribution in [1.82, 2.24) is 0 Å². The highest BCUT2D eigenvalue weighted by Gasteiger charge is 2.61. The van der Waals surface area contributed by atoms with E-state index >= 15 is 0 Å². The molecular formula is C51H70O34. The lowest BCUT2D eigenvalue weighted by Crippen LogP contribution is -2.69. The molecule has 85 heavy (non-hydrogen) atoms. The summed E-state index contributed by atoms with van der Waals surface area (Å²) in [5.74, 6) is -13.2. The van der Waals surface area contributed by atoms with Gasteiger partial charge in [0.1, 0.15) is 69.2 Å². The molecule has 0 amide bonds. The lowest BCUT2D eigenvalue weighted by Gasteiger charge is -2.51. The molecule has 4 saturated heterocycles. The SMILES string of the molecule is CO[C@@H]1O[C@H](COC(C)=O)[C@@H](O[C@@H]2O[C@H](COC(C)=O)[C@@H](O[C@@H]3O[C@H](COC(C)=O)[C@@H](O[C@@H]4O[C@H](COC(C)=O)[C@@H](OC(C)=O)[C@H](OC(C)=O)[C@H]4OC(C)=O)[C@H](OC(C)=O)[C@H]3OC(C)=O)[C@H](OC(C)=O)[C@H]2OC(C)=O)[C@H](OC(C)=O)[C@H]1OC(C)=O. The van der Waals surface area contributed by atoms with E-state index in [1.807, 2.05) is 0 Å². The summed E-state index contributed by atoms with van der Waals surface area (Å²) >= 11 is 0. The number of carbonyl (C=O) groups excluding carboxylic acids is 13. The molecule has 0 N–H and O–H groups in total. The van der Waals surface area contributed by atoms with Crippen molar-refractivity contribution in [3.63, 3.8) is 0 Å². The zero-order valence-electron chi connectivity index (χ0n) is 48.8.